The number of hydrogen-bond acceptors (Lipinski definition) is 5. The number of carboxylic acids is 1. The number of amides is 1. The van der Waals surface area contributed by atoms with Gasteiger partial charge in [-0.25, -0.2) is 9.59 Å². The molecule has 146 valence electrons. The van der Waals surface area contributed by atoms with Gasteiger partial charge < -0.3 is 20.3 Å². The number of rotatable bonds is 5. The highest BCUT2D eigenvalue weighted by Gasteiger charge is 2.33. The Bertz CT molecular complexity index is 943. The fourth-order valence-corrected chi connectivity index (χ4v) is 3.41. The van der Waals surface area contributed by atoms with Gasteiger partial charge in [-0.2, -0.15) is 0 Å². The molecule has 3 N–H and O–H groups in total. The second-order valence-electron chi connectivity index (χ2n) is 6.58. The van der Waals surface area contributed by atoms with Gasteiger partial charge in [-0.3, -0.25) is 4.79 Å². The first kappa shape index (κ1) is 19.7. The summed E-state index contributed by atoms with van der Waals surface area (Å²) >= 11 is 6.21. The van der Waals surface area contributed by atoms with Crippen LogP contribution in [0.15, 0.2) is 36.4 Å². The maximum atomic E-state index is 12.6. The summed E-state index contributed by atoms with van der Waals surface area (Å²) in [7, 11) is 0. The van der Waals surface area contributed by atoms with Crippen LogP contribution >= 0.6 is 11.6 Å². The summed E-state index contributed by atoms with van der Waals surface area (Å²) in [5, 5.41) is 22.4. The molecule has 2 atom stereocenters. The summed E-state index contributed by atoms with van der Waals surface area (Å²) in [5.74, 6) is -3.43. The summed E-state index contributed by atoms with van der Waals surface area (Å²) in [4.78, 5) is 36.3. The van der Waals surface area contributed by atoms with Gasteiger partial charge in [0.05, 0.1) is 5.56 Å². The maximum absolute atomic E-state index is 12.6. The highest BCUT2D eigenvalue weighted by Crippen LogP contribution is 2.36. The standard InChI is InChI=1S/C20H18ClNO6/c1-10-7-12-14(21)9-13(17(23)16(12)20(27)28-10)18(24)22-15(19(25)26)8-11-5-3-2-4-6-11/h2-6,9-10,15,23H,7-8H2,1H3,(H,22,24)(H,25,26)/t10-,15-/m1/s1. The molecule has 0 saturated carbocycles. The Kier molecular flexibility index (Phi) is 5.56. The van der Waals surface area contributed by atoms with Crippen molar-refractivity contribution >= 4 is 29.4 Å². The molecule has 1 aliphatic rings. The van der Waals surface area contributed by atoms with E-state index in [2.05, 4.69) is 5.32 Å². The van der Waals surface area contributed by atoms with Crippen molar-refractivity contribution in [3.05, 3.63) is 63.7 Å². The van der Waals surface area contributed by atoms with Crippen LogP contribution < -0.4 is 5.32 Å². The number of carbonyl (C=O) groups is 3. The lowest BCUT2D eigenvalue weighted by atomic mass is 9.95. The van der Waals surface area contributed by atoms with Crippen LogP contribution in [0.1, 0.15) is 38.8 Å². The largest absolute Gasteiger partial charge is 0.506 e. The smallest absolute Gasteiger partial charge is 0.342 e. The van der Waals surface area contributed by atoms with E-state index < -0.39 is 35.7 Å². The van der Waals surface area contributed by atoms with Crippen molar-refractivity contribution in [1.29, 1.82) is 0 Å². The molecular weight excluding hydrogens is 386 g/mol. The lowest BCUT2D eigenvalue weighted by Gasteiger charge is -2.24. The summed E-state index contributed by atoms with van der Waals surface area (Å²) < 4.78 is 5.10. The topological polar surface area (TPSA) is 113 Å². The first-order chi connectivity index (χ1) is 13.3. The second kappa shape index (κ2) is 7.90. The maximum Gasteiger partial charge on any atom is 0.342 e. The normalized spacial score (nSPS) is 16.6. The molecule has 7 nitrogen and oxygen atoms in total. The van der Waals surface area contributed by atoms with E-state index in [4.69, 9.17) is 16.3 Å². The summed E-state index contributed by atoms with van der Waals surface area (Å²) in [6.07, 6.45) is -0.0407. The van der Waals surface area contributed by atoms with Crippen LogP contribution in [0.3, 0.4) is 0 Å². The van der Waals surface area contributed by atoms with E-state index in [9.17, 15) is 24.6 Å². The molecule has 0 aromatic heterocycles. The van der Waals surface area contributed by atoms with E-state index in [0.717, 1.165) is 5.56 Å². The zero-order valence-corrected chi connectivity index (χ0v) is 15.7. The number of carboxylic acid groups (broad SMARTS) is 1. The van der Waals surface area contributed by atoms with E-state index >= 15 is 0 Å². The van der Waals surface area contributed by atoms with Crippen LogP contribution in [-0.2, 0) is 22.4 Å². The zero-order valence-electron chi connectivity index (χ0n) is 14.9. The van der Waals surface area contributed by atoms with Gasteiger partial charge in [0.2, 0.25) is 0 Å². The van der Waals surface area contributed by atoms with Gasteiger partial charge in [-0.1, -0.05) is 41.9 Å². The second-order valence-corrected chi connectivity index (χ2v) is 6.99. The molecule has 0 fully saturated rings. The van der Waals surface area contributed by atoms with Crippen molar-refractivity contribution in [2.45, 2.75) is 31.9 Å². The first-order valence-corrected chi connectivity index (χ1v) is 8.98. The van der Waals surface area contributed by atoms with Crippen LogP contribution in [0.25, 0.3) is 0 Å². The van der Waals surface area contributed by atoms with Crippen LogP contribution in [0, 0.1) is 0 Å². The van der Waals surface area contributed by atoms with Crippen molar-refractivity contribution in [2.24, 2.45) is 0 Å². The predicted octanol–water partition coefficient (Wildman–Crippen LogP) is 2.57. The molecule has 0 bridgehead atoms. The minimum Gasteiger partial charge on any atom is -0.506 e. The molecule has 0 unspecified atom stereocenters. The van der Waals surface area contributed by atoms with E-state index in [1.807, 2.05) is 0 Å². The number of carbonyl (C=O) groups excluding carboxylic acids is 2. The zero-order chi connectivity index (χ0) is 20.4. The number of esters is 1. The average molecular weight is 404 g/mol. The van der Waals surface area contributed by atoms with Gasteiger partial charge in [0.1, 0.15) is 23.5 Å². The third kappa shape index (κ3) is 3.94. The molecule has 1 aliphatic heterocycles. The number of aliphatic carboxylic acids is 1. The molecule has 8 heteroatoms. The third-order valence-electron chi connectivity index (χ3n) is 4.49. The monoisotopic (exact) mass is 403 g/mol. The number of nitrogens with one attached hydrogen (secondary N) is 1. The van der Waals surface area contributed by atoms with Crippen molar-refractivity contribution in [2.75, 3.05) is 0 Å². The fraction of sp³-hybridized carbons (Fsp3) is 0.250. The highest BCUT2D eigenvalue weighted by atomic mass is 35.5. The molecule has 1 heterocycles. The quantitative estimate of drug-likeness (QED) is 0.661. The van der Waals surface area contributed by atoms with E-state index in [-0.39, 0.29) is 22.6 Å². The number of phenolic OH excluding ortho intramolecular Hbond substituents is 1. The van der Waals surface area contributed by atoms with Crippen LogP contribution in [0.4, 0.5) is 0 Å². The van der Waals surface area contributed by atoms with Gasteiger partial charge in [-0.15, -0.1) is 0 Å². The Morgan fingerprint density at radius 1 is 1.32 bits per heavy atom. The Morgan fingerprint density at radius 2 is 2.00 bits per heavy atom. The van der Waals surface area contributed by atoms with Crippen molar-refractivity contribution in [3.63, 3.8) is 0 Å². The summed E-state index contributed by atoms with van der Waals surface area (Å²) in [5.41, 5.74) is 0.680. The Balaban J connectivity index is 1.89. The lowest BCUT2D eigenvalue weighted by Crippen LogP contribution is -2.42. The van der Waals surface area contributed by atoms with E-state index in [0.29, 0.717) is 12.0 Å². The molecule has 1 amide bonds. The number of aromatic hydroxyl groups is 1. The number of hydrogen-bond donors (Lipinski definition) is 3. The minimum atomic E-state index is -1.23. The van der Waals surface area contributed by atoms with Gasteiger partial charge in [-0.05, 0) is 24.1 Å². The molecule has 0 spiro atoms. The molecule has 2 aromatic rings. The molecule has 0 radical (unpaired) electrons. The molecule has 2 aromatic carbocycles. The highest BCUT2D eigenvalue weighted by molar-refractivity contribution is 6.32. The van der Waals surface area contributed by atoms with Gasteiger partial charge in [0, 0.05) is 17.9 Å². The van der Waals surface area contributed by atoms with Crippen molar-refractivity contribution in [1.82, 2.24) is 5.32 Å². The Morgan fingerprint density at radius 3 is 2.64 bits per heavy atom. The van der Waals surface area contributed by atoms with Crippen LogP contribution in [0.2, 0.25) is 5.02 Å². The molecule has 0 aliphatic carbocycles. The number of benzene rings is 2. The fourth-order valence-electron chi connectivity index (χ4n) is 3.13. The van der Waals surface area contributed by atoms with Crippen molar-refractivity contribution < 1.29 is 29.3 Å². The lowest BCUT2D eigenvalue weighted by molar-refractivity contribution is -0.139. The molecule has 0 saturated heterocycles. The molecule has 28 heavy (non-hydrogen) atoms. The third-order valence-corrected chi connectivity index (χ3v) is 4.82. The average Bonchev–Trinajstić information content (AvgIpc) is 2.64. The Labute approximate surface area is 165 Å². The van der Waals surface area contributed by atoms with Gasteiger partial charge in [0.25, 0.3) is 5.91 Å². The summed E-state index contributed by atoms with van der Waals surface area (Å²) in [6, 6.07) is 8.81. The van der Waals surface area contributed by atoms with E-state index in [1.54, 1.807) is 37.3 Å². The van der Waals surface area contributed by atoms with E-state index in [1.165, 1.54) is 6.07 Å². The predicted molar refractivity (Wildman–Crippen MR) is 101 cm³/mol. The van der Waals surface area contributed by atoms with Crippen LogP contribution in [0.5, 0.6) is 5.75 Å². The number of halogens is 1. The number of phenols is 1. The van der Waals surface area contributed by atoms with Crippen LogP contribution in [-0.4, -0.2) is 40.2 Å². The van der Waals surface area contributed by atoms with Gasteiger partial charge >= 0.3 is 11.9 Å². The van der Waals surface area contributed by atoms with Gasteiger partial charge in [0.15, 0.2) is 0 Å². The number of cyclic esters (lactones) is 1. The first-order valence-electron chi connectivity index (χ1n) is 8.60. The van der Waals surface area contributed by atoms with Crippen molar-refractivity contribution in [3.8, 4) is 5.75 Å². The number of fused-ring (bicyclic) bond motifs is 1. The molecular formula is C20H18ClNO6. The molecule has 3 rings (SSSR count). The minimum absolute atomic E-state index is 0.0565. The number of ether oxygens (including phenoxy) is 1. The SMILES string of the molecule is C[C@@H]1Cc2c(Cl)cc(C(=O)N[C@H](Cc3ccccc3)C(=O)O)c(O)c2C(=O)O1. The Hall–Kier alpha value is -3.06. The summed E-state index contributed by atoms with van der Waals surface area (Å²) in [6.45, 7) is 1.69.